The molecule has 0 spiro atoms. The molecule has 160 valence electrons. The number of fused-ring (bicyclic) bond motifs is 2. The Kier molecular flexibility index (Phi) is 5.62. The molecule has 0 saturated carbocycles. The topological polar surface area (TPSA) is 110 Å². The van der Waals surface area contributed by atoms with Crippen LogP contribution in [0.5, 0.6) is 5.75 Å². The van der Waals surface area contributed by atoms with Gasteiger partial charge in [-0.15, -0.1) is 0 Å². The third kappa shape index (κ3) is 3.02. The smallest absolute Gasteiger partial charge is 0.191 e. The number of hydrogen-bond donors (Lipinski definition) is 1. The number of rotatable bonds is 4. The molecule has 0 radical (unpaired) electrons. The first-order chi connectivity index (χ1) is 15.6. The van der Waals surface area contributed by atoms with Crippen molar-refractivity contribution in [3.63, 3.8) is 0 Å². The van der Waals surface area contributed by atoms with Gasteiger partial charge in [0.05, 0.1) is 30.5 Å². The lowest BCUT2D eigenvalue weighted by Gasteiger charge is -2.46. The van der Waals surface area contributed by atoms with E-state index in [1.807, 2.05) is 42.5 Å². The molecule has 2 aromatic carbocycles. The van der Waals surface area contributed by atoms with E-state index in [9.17, 15) is 15.8 Å². The molecule has 6 nitrogen and oxygen atoms in total. The van der Waals surface area contributed by atoms with E-state index in [4.69, 9.17) is 10.5 Å². The number of methoxy groups -OCH3 is 1. The Labute approximate surface area is 188 Å². The van der Waals surface area contributed by atoms with Gasteiger partial charge >= 0.3 is 0 Å². The summed E-state index contributed by atoms with van der Waals surface area (Å²) in [5.74, 6) is 0.0117. The summed E-state index contributed by atoms with van der Waals surface area (Å²) in [6, 6.07) is 18.3. The average molecular weight is 424 g/mol. The monoisotopic (exact) mass is 423 g/mol. The first-order valence-corrected chi connectivity index (χ1v) is 10.8. The van der Waals surface area contributed by atoms with Crippen LogP contribution in [0.25, 0.3) is 10.8 Å². The highest BCUT2D eigenvalue weighted by atomic mass is 16.5. The number of allylic oxidation sites excluding steroid dienone is 2. The molecular weight excluding hydrogens is 398 g/mol. The van der Waals surface area contributed by atoms with Crippen molar-refractivity contribution >= 4 is 10.8 Å². The molecular formula is C26H25N5O. The predicted molar refractivity (Wildman–Crippen MR) is 122 cm³/mol. The fourth-order valence-corrected chi connectivity index (χ4v) is 5.33. The first kappa shape index (κ1) is 21.4. The fourth-order valence-electron chi connectivity index (χ4n) is 5.33. The molecule has 1 aliphatic heterocycles. The standard InChI is InChI=1S/C26H25N5O/c1-3-11-31-12-10-18-21(13-27)25(30)26(15-28,16-29)24(22(18)14-31)20-8-9-23(32-2)19-7-5-4-6-17(19)20/h4-10,22,24H,3,11-12,14,30H2,1-2H3/t22-,24-/m0/s1. The normalized spacial score (nSPS) is 22.3. The van der Waals surface area contributed by atoms with Crippen LogP contribution in [0.3, 0.4) is 0 Å². The Balaban J connectivity index is 2.05. The number of nitrogens with zero attached hydrogens (tertiary/aromatic N) is 4. The van der Waals surface area contributed by atoms with Gasteiger partial charge in [0, 0.05) is 30.3 Å². The van der Waals surface area contributed by atoms with E-state index < -0.39 is 11.3 Å². The van der Waals surface area contributed by atoms with Crippen molar-refractivity contribution in [3.05, 3.63) is 64.9 Å². The average Bonchev–Trinajstić information content (AvgIpc) is 2.83. The number of benzene rings is 2. The molecule has 2 aromatic rings. The third-order valence-corrected chi connectivity index (χ3v) is 6.75. The van der Waals surface area contributed by atoms with Crippen molar-refractivity contribution in [1.29, 1.82) is 15.8 Å². The van der Waals surface area contributed by atoms with Gasteiger partial charge in [0.2, 0.25) is 0 Å². The molecule has 0 unspecified atom stereocenters. The Bertz CT molecular complexity index is 1240. The lowest BCUT2D eigenvalue weighted by molar-refractivity contribution is 0.208. The number of ether oxygens (including phenoxy) is 1. The van der Waals surface area contributed by atoms with Gasteiger partial charge in [0.1, 0.15) is 11.8 Å². The summed E-state index contributed by atoms with van der Waals surface area (Å²) in [5, 5.41) is 32.4. The molecule has 6 heteroatoms. The van der Waals surface area contributed by atoms with E-state index in [2.05, 4.69) is 30.0 Å². The number of nitriles is 3. The van der Waals surface area contributed by atoms with E-state index in [0.717, 1.165) is 47.2 Å². The summed E-state index contributed by atoms with van der Waals surface area (Å²) in [5.41, 5.74) is 6.87. The first-order valence-electron chi connectivity index (χ1n) is 10.8. The zero-order valence-electron chi connectivity index (χ0n) is 18.3. The molecule has 4 rings (SSSR count). The van der Waals surface area contributed by atoms with Crippen LogP contribution in [-0.4, -0.2) is 31.6 Å². The fraction of sp³-hybridized carbons (Fsp3) is 0.346. The van der Waals surface area contributed by atoms with Gasteiger partial charge in [-0.05, 0) is 35.6 Å². The lowest BCUT2D eigenvalue weighted by Crippen LogP contribution is -2.48. The minimum absolute atomic E-state index is 0.0568. The van der Waals surface area contributed by atoms with Gasteiger partial charge in [-0.25, -0.2) is 0 Å². The molecule has 0 fully saturated rings. The van der Waals surface area contributed by atoms with Gasteiger partial charge in [-0.1, -0.05) is 43.3 Å². The molecule has 0 aromatic heterocycles. The molecule has 1 aliphatic carbocycles. The predicted octanol–water partition coefficient (Wildman–Crippen LogP) is 3.98. The zero-order chi connectivity index (χ0) is 22.9. The van der Waals surface area contributed by atoms with Crippen LogP contribution in [0.2, 0.25) is 0 Å². The van der Waals surface area contributed by atoms with Crippen molar-refractivity contribution in [1.82, 2.24) is 4.90 Å². The zero-order valence-corrected chi connectivity index (χ0v) is 18.3. The molecule has 0 amide bonds. The molecule has 2 N–H and O–H groups in total. The Morgan fingerprint density at radius 1 is 1.12 bits per heavy atom. The van der Waals surface area contributed by atoms with Gasteiger partial charge in [-0.3, -0.25) is 4.90 Å². The van der Waals surface area contributed by atoms with Crippen molar-refractivity contribution in [3.8, 4) is 24.0 Å². The highest BCUT2D eigenvalue weighted by Gasteiger charge is 2.54. The van der Waals surface area contributed by atoms with E-state index in [0.29, 0.717) is 6.54 Å². The third-order valence-electron chi connectivity index (χ3n) is 6.75. The molecule has 2 atom stereocenters. The Morgan fingerprint density at radius 3 is 2.47 bits per heavy atom. The van der Waals surface area contributed by atoms with Gasteiger partial charge < -0.3 is 10.5 Å². The van der Waals surface area contributed by atoms with Crippen LogP contribution >= 0.6 is 0 Å². The highest BCUT2D eigenvalue weighted by molar-refractivity contribution is 5.92. The molecule has 1 heterocycles. The molecule has 32 heavy (non-hydrogen) atoms. The Hall–Kier alpha value is -3.79. The maximum atomic E-state index is 10.3. The SMILES string of the molecule is CCCN1CC=C2C(C#N)=C(N)C(C#N)(C#N)[C@@H](c3ccc(OC)c4ccccc34)[C@H]2C1. The van der Waals surface area contributed by atoms with Gasteiger partial charge in [-0.2, -0.15) is 15.8 Å². The number of hydrogen-bond acceptors (Lipinski definition) is 6. The van der Waals surface area contributed by atoms with Crippen molar-refractivity contribution in [2.24, 2.45) is 17.1 Å². The van der Waals surface area contributed by atoms with Crippen LogP contribution in [-0.2, 0) is 0 Å². The van der Waals surface area contributed by atoms with Crippen LogP contribution in [0.4, 0.5) is 0 Å². The quantitative estimate of drug-likeness (QED) is 0.796. The second-order valence-corrected chi connectivity index (χ2v) is 8.34. The Morgan fingerprint density at radius 2 is 1.84 bits per heavy atom. The second-order valence-electron chi connectivity index (χ2n) is 8.34. The second kappa shape index (κ2) is 8.39. The summed E-state index contributed by atoms with van der Waals surface area (Å²) < 4.78 is 5.56. The number of nitrogens with two attached hydrogens (primary N) is 1. The van der Waals surface area contributed by atoms with Crippen molar-refractivity contribution in [2.45, 2.75) is 19.3 Å². The minimum Gasteiger partial charge on any atom is -0.496 e. The summed E-state index contributed by atoms with van der Waals surface area (Å²) in [6.45, 7) is 4.42. The van der Waals surface area contributed by atoms with Crippen LogP contribution < -0.4 is 10.5 Å². The van der Waals surface area contributed by atoms with Crippen LogP contribution in [0.15, 0.2) is 59.3 Å². The summed E-state index contributed by atoms with van der Waals surface area (Å²) >= 11 is 0. The van der Waals surface area contributed by atoms with Crippen LogP contribution in [0.1, 0.15) is 24.8 Å². The van der Waals surface area contributed by atoms with E-state index >= 15 is 0 Å². The van der Waals surface area contributed by atoms with E-state index in [1.54, 1.807) is 7.11 Å². The van der Waals surface area contributed by atoms with Crippen molar-refractivity contribution in [2.75, 3.05) is 26.7 Å². The van der Waals surface area contributed by atoms with Gasteiger partial charge in [0.15, 0.2) is 5.41 Å². The molecule has 2 aliphatic rings. The molecule has 0 saturated heterocycles. The lowest BCUT2D eigenvalue weighted by atomic mass is 9.57. The minimum atomic E-state index is -1.64. The highest BCUT2D eigenvalue weighted by Crippen LogP contribution is 2.55. The van der Waals surface area contributed by atoms with E-state index in [-0.39, 0.29) is 17.2 Å². The van der Waals surface area contributed by atoms with Gasteiger partial charge in [0.25, 0.3) is 0 Å². The van der Waals surface area contributed by atoms with E-state index in [1.165, 1.54) is 0 Å². The largest absolute Gasteiger partial charge is 0.496 e. The summed E-state index contributed by atoms with van der Waals surface area (Å²) in [6.07, 6.45) is 3.05. The van der Waals surface area contributed by atoms with Crippen molar-refractivity contribution < 1.29 is 4.74 Å². The summed E-state index contributed by atoms with van der Waals surface area (Å²) in [4.78, 5) is 2.31. The maximum absolute atomic E-state index is 10.3. The molecule has 0 bridgehead atoms. The van der Waals surface area contributed by atoms with Crippen LogP contribution in [0, 0.1) is 45.3 Å². The maximum Gasteiger partial charge on any atom is 0.191 e. The summed E-state index contributed by atoms with van der Waals surface area (Å²) in [7, 11) is 1.63.